The van der Waals surface area contributed by atoms with E-state index in [1.54, 1.807) is 12.0 Å². The van der Waals surface area contributed by atoms with E-state index in [1.165, 1.54) is 0 Å². The quantitative estimate of drug-likeness (QED) is 0.850. The van der Waals surface area contributed by atoms with Crippen molar-refractivity contribution < 1.29 is 9.53 Å². The van der Waals surface area contributed by atoms with Crippen molar-refractivity contribution in [2.75, 3.05) is 20.2 Å². The molecule has 0 saturated heterocycles. The number of aromatic nitrogens is 1. The van der Waals surface area contributed by atoms with Crippen LogP contribution in [-0.4, -0.2) is 36.0 Å². The number of benzene rings is 1. The maximum atomic E-state index is 12.8. The Kier molecular flexibility index (Phi) is 5.17. The van der Waals surface area contributed by atoms with Crippen LogP contribution in [0.3, 0.4) is 0 Å². The van der Waals surface area contributed by atoms with Crippen LogP contribution in [0.15, 0.2) is 24.3 Å². The topological polar surface area (TPSA) is 66.2 Å². The van der Waals surface area contributed by atoms with E-state index in [0.717, 1.165) is 16.7 Å². The molecule has 0 saturated carbocycles. The molecule has 23 heavy (non-hydrogen) atoms. The first kappa shape index (κ1) is 16.8. The number of nitriles is 1. The molecule has 1 heterocycles. The second-order valence-electron chi connectivity index (χ2n) is 5.55. The third-order valence-electron chi connectivity index (χ3n) is 3.83. The van der Waals surface area contributed by atoms with Crippen molar-refractivity contribution in [3.63, 3.8) is 0 Å². The molecular formula is C18H21N3O2. The van der Waals surface area contributed by atoms with Crippen molar-refractivity contribution in [2.45, 2.75) is 20.8 Å². The summed E-state index contributed by atoms with van der Waals surface area (Å²) in [4.78, 5) is 19.0. The first-order valence-electron chi connectivity index (χ1n) is 7.64. The van der Waals surface area contributed by atoms with Crippen molar-refractivity contribution in [3.8, 4) is 11.8 Å². The molecule has 2 rings (SSSR count). The molecule has 0 radical (unpaired) electrons. The van der Waals surface area contributed by atoms with Gasteiger partial charge in [-0.25, -0.2) is 0 Å². The van der Waals surface area contributed by atoms with Crippen molar-refractivity contribution >= 4 is 16.8 Å². The number of hydrogen-bond acceptors (Lipinski definition) is 4. The van der Waals surface area contributed by atoms with Crippen molar-refractivity contribution in [1.29, 1.82) is 5.26 Å². The Hall–Kier alpha value is -2.61. The number of methoxy groups -OCH3 is 1. The van der Waals surface area contributed by atoms with Crippen LogP contribution >= 0.6 is 0 Å². The molecule has 0 aliphatic rings. The number of ether oxygens (including phenoxy) is 1. The number of hydrogen-bond donors (Lipinski definition) is 0. The Morgan fingerprint density at radius 3 is 2.78 bits per heavy atom. The first-order chi connectivity index (χ1) is 11.0. The van der Waals surface area contributed by atoms with Crippen LogP contribution in [0.1, 0.15) is 29.9 Å². The number of rotatable bonds is 5. The molecule has 1 amide bonds. The van der Waals surface area contributed by atoms with Crippen LogP contribution < -0.4 is 4.74 Å². The Morgan fingerprint density at radius 1 is 1.43 bits per heavy atom. The van der Waals surface area contributed by atoms with Gasteiger partial charge in [0.2, 0.25) is 0 Å². The zero-order valence-electron chi connectivity index (χ0n) is 14.0. The molecule has 5 nitrogen and oxygen atoms in total. The van der Waals surface area contributed by atoms with E-state index in [4.69, 9.17) is 10.00 Å². The molecule has 0 aliphatic carbocycles. The molecule has 1 aromatic heterocycles. The van der Waals surface area contributed by atoms with E-state index in [2.05, 4.69) is 11.1 Å². The van der Waals surface area contributed by atoms with Gasteiger partial charge in [0, 0.05) is 24.5 Å². The van der Waals surface area contributed by atoms with Gasteiger partial charge >= 0.3 is 0 Å². The maximum absolute atomic E-state index is 12.8. The third-order valence-corrected chi connectivity index (χ3v) is 3.83. The van der Waals surface area contributed by atoms with Gasteiger partial charge in [-0.05, 0) is 39.0 Å². The third kappa shape index (κ3) is 3.59. The Balaban J connectivity index is 2.40. The van der Waals surface area contributed by atoms with E-state index >= 15 is 0 Å². The summed E-state index contributed by atoms with van der Waals surface area (Å²) in [6, 6.07) is 9.63. The molecule has 1 unspecified atom stereocenters. The molecule has 0 fully saturated rings. The summed E-state index contributed by atoms with van der Waals surface area (Å²) in [5.41, 5.74) is 2.06. The van der Waals surface area contributed by atoms with Crippen molar-refractivity contribution in [2.24, 2.45) is 5.92 Å². The highest BCUT2D eigenvalue weighted by Gasteiger charge is 2.19. The summed E-state index contributed by atoms with van der Waals surface area (Å²) in [5.74, 6) is 0.454. The fourth-order valence-corrected chi connectivity index (χ4v) is 2.48. The summed E-state index contributed by atoms with van der Waals surface area (Å²) in [5, 5.41) is 9.86. The van der Waals surface area contributed by atoms with Crippen LogP contribution in [0.2, 0.25) is 0 Å². The van der Waals surface area contributed by atoms with Gasteiger partial charge in [0.1, 0.15) is 5.75 Å². The van der Waals surface area contributed by atoms with E-state index in [0.29, 0.717) is 24.3 Å². The average molecular weight is 311 g/mol. The number of nitrogens with zero attached hydrogens (tertiary/aromatic N) is 3. The summed E-state index contributed by atoms with van der Waals surface area (Å²) < 4.78 is 5.21. The first-order valence-corrected chi connectivity index (χ1v) is 7.64. The molecule has 2 aromatic rings. The lowest BCUT2D eigenvalue weighted by atomic mass is 10.1. The number of carbonyl (C=O) groups is 1. The SMILES string of the molecule is CCN(CC(C)C#N)C(=O)c1cc2ccc(OC)cc2nc1C. The average Bonchev–Trinajstić information content (AvgIpc) is 2.57. The minimum Gasteiger partial charge on any atom is -0.497 e. The van der Waals surface area contributed by atoms with Gasteiger partial charge < -0.3 is 9.64 Å². The number of pyridine rings is 1. The molecule has 0 aliphatic heterocycles. The smallest absolute Gasteiger partial charge is 0.255 e. The standard InChI is InChI=1S/C18H21N3O2/c1-5-21(11-12(2)10-19)18(22)16-8-14-6-7-15(23-4)9-17(14)20-13(16)3/h6-9,12H,5,11H2,1-4H3. The molecule has 0 N–H and O–H groups in total. The fraction of sp³-hybridized carbons (Fsp3) is 0.389. The molecule has 5 heteroatoms. The monoisotopic (exact) mass is 311 g/mol. The van der Waals surface area contributed by atoms with Gasteiger partial charge in [0.25, 0.3) is 5.91 Å². The van der Waals surface area contributed by atoms with Crippen LogP contribution in [-0.2, 0) is 0 Å². The summed E-state index contributed by atoms with van der Waals surface area (Å²) in [7, 11) is 1.61. The van der Waals surface area contributed by atoms with Crippen molar-refractivity contribution in [1.82, 2.24) is 9.88 Å². The minimum atomic E-state index is -0.197. The Labute approximate surface area is 136 Å². The summed E-state index contributed by atoms with van der Waals surface area (Å²) in [6.45, 7) is 6.54. The fourth-order valence-electron chi connectivity index (χ4n) is 2.48. The van der Waals surface area contributed by atoms with Gasteiger partial charge in [-0.3, -0.25) is 9.78 Å². The van der Waals surface area contributed by atoms with Gasteiger partial charge in [-0.15, -0.1) is 0 Å². The van der Waals surface area contributed by atoms with E-state index in [1.807, 2.05) is 45.0 Å². The van der Waals surface area contributed by atoms with Gasteiger partial charge in [-0.1, -0.05) is 0 Å². The summed E-state index contributed by atoms with van der Waals surface area (Å²) in [6.07, 6.45) is 0. The lowest BCUT2D eigenvalue weighted by molar-refractivity contribution is 0.0751. The van der Waals surface area contributed by atoms with Gasteiger partial charge in [0.05, 0.1) is 35.9 Å². The molecule has 0 bridgehead atoms. The van der Waals surface area contributed by atoms with Crippen LogP contribution in [0.4, 0.5) is 0 Å². The predicted octanol–water partition coefficient (Wildman–Crippen LogP) is 3.17. The second kappa shape index (κ2) is 7.10. The zero-order valence-corrected chi connectivity index (χ0v) is 14.0. The minimum absolute atomic E-state index is 0.0858. The number of fused-ring (bicyclic) bond motifs is 1. The maximum Gasteiger partial charge on any atom is 0.255 e. The Morgan fingerprint density at radius 2 is 2.17 bits per heavy atom. The van der Waals surface area contributed by atoms with Gasteiger partial charge in [-0.2, -0.15) is 5.26 Å². The van der Waals surface area contributed by atoms with E-state index in [-0.39, 0.29) is 11.8 Å². The second-order valence-corrected chi connectivity index (χ2v) is 5.55. The van der Waals surface area contributed by atoms with E-state index < -0.39 is 0 Å². The molecule has 0 spiro atoms. The zero-order chi connectivity index (χ0) is 17.0. The lowest BCUT2D eigenvalue weighted by Gasteiger charge is -2.22. The normalized spacial score (nSPS) is 11.8. The molecule has 120 valence electrons. The van der Waals surface area contributed by atoms with Crippen LogP contribution in [0, 0.1) is 24.2 Å². The number of aryl methyl sites for hydroxylation is 1. The van der Waals surface area contributed by atoms with Crippen LogP contribution in [0.5, 0.6) is 5.75 Å². The highest BCUT2D eigenvalue weighted by atomic mass is 16.5. The highest BCUT2D eigenvalue weighted by Crippen LogP contribution is 2.22. The molecule has 1 atom stereocenters. The van der Waals surface area contributed by atoms with E-state index in [9.17, 15) is 4.79 Å². The van der Waals surface area contributed by atoms with Gasteiger partial charge in [0.15, 0.2) is 0 Å². The van der Waals surface area contributed by atoms with Crippen LogP contribution in [0.25, 0.3) is 10.9 Å². The Bertz CT molecular complexity index is 765. The highest BCUT2D eigenvalue weighted by molar-refractivity contribution is 5.98. The van der Waals surface area contributed by atoms with Crippen molar-refractivity contribution in [3.05, 3.63) is 35.5 Å². The molecular weight excluding hydrogens is 290 g/mol. The number of carbonyl (C=O) groups excluding carboxylic acids is 1. The predicted molar refractivity (Wildman–Crippen MR) is 89.4 cm³/mol. The molecule has 1 aromatic carbocycles. The lowest BCUT2D eigenvalue weighted by Crippen LogP contribution is -2.34. The summed E-state index contributed by atoms with van der Waals surface area (Å²) >= 11 is 0. The largest absolute Gasteiger partial charge is 0.497 e. The number of amides is 1.